The Morgan fingerprint density at radius 2 is 2.05 bits per heavy atom. The molecule has 122 valence electrons. The van der Waals surface area contributed by atoms with Crippen LogP contribution in [0.15, 0.2) is 23.6 Å². The normalized spacial score (nSPS) is 20.5. The third-order valence-electron chi connectivity index (χ3n) is 3.34. The van der Waals surface area contributed by atoms with Crippen molar-refractivity contribution in [3.63, 3.8) is 0 Å². The lowest BCUT2D eigenvalue weighted by Crippen LogP contribution is -2.48. The van der Waals surface area contributed by atoms with Crippen LogP contribution in [0.2, 0.25) is 0 Å². The molecular weight excluding hydrogens is 302 g/mol. The maximum atomic E-state index is 12.4. The molecule has 7 heteroatoms. The number of ether oxygens (including phenoxy) is 1. The first-order chi connectivity index (χ1) is 10.4. The molecule has 0 radical (unpaired) electrons. The highest BCUT2D eigenvalue weighted by molar-refractivity contribution is 7.84. The maximum Gasteiger partial charge on any atom is 0.410 e. The molecule has 1 aliphatic heterocycles. The van der Waals surface area contributed by atoms with Crippen molar-refractivity contribution < 1.29 is 13.7 Å². The summed E-state index contributed by atoms with van der Waals surface area (Å²) in [5.74, 6) is 0.350. The number of piperidine rings is 1. The van der Waals surface area contributed by atoms with E-state index in [1.807, 2.05) is 20.8 Å². The number of likely N-dealkylation sites (tertiary alicyclic amines) is 1. The van der Waals surface area contributed by atoms with Crippen LogP contribution in [0.5, 0.6) is 0 Å². The summed E-state index contributed by atoms with van der Waals surface area (Å²) < 4.78 is 17.8. The van der Waals surface area contributed by atoms with E-state index in [-0.39, 0.29) is 12.1 Å². The van der Waals surface area contributed by atoms with Crippen LogP contribution < -0.4 is 0 Å². The predicted octanol–water partition coefficient (Wildman–Crippen LogP) is 2.37. The molecule has 0 unspecified atom stereocenters. The molecule has 6 nitrogen and oxygen atoms in total. The molecule has 0 aromatic carbocycles. The molecule has 1 saturated heterocycles. The zero-order chi connectivity index (χ0) is 16.2. The Morgan fingerprint density at radius 1 is 1.36 bits per heavy atom. The highest BCUT2D eigenvalue weighted by atomic mass is 32.2. The minimum absolute atomic E-state index is 0.0896. The summed E-state index contributed by atoms with van der Waals surface area (Å²) in [4.78, 5) is 22.1. The molecule has 22 heavy (non-hydrogen) atoms. The Bertz CT molecular complexity index is 531. The molecule has 1 aliphatic rings. The van der Waals surface area contributed by atoms with E-state index in [0.717, 1.165) is 19.3 Å². The van der Waals surface area contributed by atoms with E-state index in [9.17, 15) is 9.00 Å². The van der Waals surface area contributed by atoms with E-state index in [4.69, 9.17) is 4.74 Å². The van der Waals surface area contributed by atoms with Gasteiger partial charge >= 0.3 is 6.09 Å². The van der Waals surface area contributed by atoms with Crippen LogP contribution >= 0.6 is 0 Å². The fourth-order valence-corrected chi connectivity index (χ4v) is 3.59. The van der Waals surface area contributed by atoms with E-state index >= 15 is 0 Å². The highest BCUT2D eigenvalue weighted by Gasteiger charge is 2.32. The zero-order valence-corrected chi connectivity index (χ0v) is 14.1. The first-order valence-corrected chi connectivity index (χ1v) is 8.84. The van der Waals surface area contributed by atoms with Crippen LogP contribution in [0, 0.1) is 0 Å². The minimum atomic E-state index is -1.31. The van der Waals surface area contributed by atoms with Crippen molar-refractivity contribution in [2.24, 2.45) is 0 Å². The molecule has 1 amide bonds. The second kappa shape index (κ2) is 7.17. The highest BCUT2D eigenvalue weighted by Crippen LogP contribution is 2.21. The first-order valence-electron chi connectivity index (χ1n) is 7.52. The lowest BCUT2D eigenvalue weighted by Gasteiger charge is -2.36. The van der Waals surface area contributed by atoms with Gasteiger partial charge in [-0.3, -0.25) is 4.21 Å². The van der Waals surface area contributed by atoms with Crippen LogP contribution in [-0.2, 0) is 15.5 Å². The quantitative estimate of drug-likeness (QED) is 0.798. The summed E-state index contributed by atoms with van der Waals surface area (Å²) in [6.07, 6.45) is 5.63. The van der Waals surface area contributed by atoms with Crippen LogP contribution in [0.1, 0.15) is 40.0 Å². The summed E-state index contributed by atoms with van der Waals surface area (Å²) in [5.41, 5.74) is -0.527. The number of carbonyl (C=O) groups is 1. The topological polar surface area (TPSA) is 72.4 Å². The molecule has 1 aromatic rings. The predicted molar refractivity (Wildman–Crippen MR) is 83.9 cm³/mol. The zero-order valence-electron chi connectivity index (χ0n) is 13.3. The summed E-state index contributed by atoms with van der Waals surface area (Å²) in [5, 5.41) is 0.317. The van der Waals surface area contributed by atoms with E-state index in [2.05, 4.69) is 9.97 Å². The fourth-order valence-electron chi connectivity index (χ4n) is 2.39. The van der Waals surface area contributed by atoms with Crippen molar-refractivity contribution >= 4 is 16.9 Å². The van der Waals surface area contributed by atoms with Crippen molar-refractivity contribution in [1.29, 1.82) is 0 Å². The molecule has 0 N–H and O–H groups in total. The molecule has 0 aliphatic carbocycles. The van der Waals surface area contributed by atoms with Gasteiger partial charge in [0.2, 0.25) is 5.16 Å². The Kier molecular flexibility index (Phi) is 5.50. The van der Waals surface area contributed by atoms with Crippen LogP contribution in [0.3, 0.4) is 0 Å². The molecule has 0 saturated carbocycles. The standard InChI is InChI=1S/C15H23N3O3S/c1-15(2,3)21-14(19)18-10-5-4-7-12(18)11-22(20)13-16-8-6-9-17-13/h6,8-9,12H,4-5,7,10-11H2,1-3H3/t12-,22-/m1/s1. The van der Waals surface area contributed by atoms with E-state index in [1.54, 1.807) is 23.4 Å². The van der Waals surface area contributed by atoms with Gasteiger partial charge in [0.1, 0.15) is 5.60 Å². The third-order valence-corrected chi connectivity index (χ3v) is 4.65. The number of aromatic nitrogens is 2. The number of carbonyl (C=O) groups excluding carboxylic acids is 1. The fraction of sp³-hybridized carbons (Fsp3) is 0.667. The van der Waals surface area contributed by atoms with Crippen molar-refractivity contribution in [3.8, 4) is 0 Å². The maximum absolute atomic E-state index is 12.4. The number of amides is 1. The van der Waals surface area contributed by atoms with Crippen molar-refractivity contribution in [2.45, 2.75) is 56.8 Å². The van der Waals surface area contributed by atoms with Gasteiger partial charge in [0.05, 0.1) is 16.6 Å². The number of hydrogen-bond donors (Lipinski definition) is 0. The third kappa shape index (κ3) is 4.76. The van der Waals surface area contributed by atoms with Crippen LogP contribution in [0.4, 0.5) is 4.79 Å². The monoisotopic (exact) mass is 325 g/mol. The lowest BCUT2D eigenvalue weighted by molar-refractivity contribution is 0.0125. The van der Waals surface area contributed by atoms with Gasteiger partial charge in [-0.05, 0) is 46.1 Å². The van der Waals surface area contributed by atoms with Gasteiger partial charge in [0.25, 0.3) is 0 Å². The Labute approximate surface area is 133 Å². The van der Waals surface area contributed by atoms with Crippen LogP contribution in [0.25, 0.3) is 0 Å². The largest absolute Gasteiger partial charge is 0.444 e. The van der Waals surface area contributed by atoms with Gasteiger partial charge in [0.15, 0.2) is 0 Å². The first kappa shape index (κ1) is 16.9. The van der Waals surface area contributed by atoms with Gasteiger partial charge in [-0.25, -0.2) is 14.8 Å². The Morgan fingerprint density at radius 3 is 2.68 bits per heavy atom. The number of hydrogen-bond acceptors (Lipinski definition) is 5. The smallest absolute Gasteiger partial charge is 0.410 e. The minimum Gasteiger partial charge on any atom is -0.444 e. The molecule has 2 heterocycles. The molecule has 1 aromatic heterocycles. The van der Waals surface area contributed by atoms with E-state index in [1.165, 1.54) is 0 Å². The van der Waals surface area contributed by atoms with Crippen LogP contribution in [-0.4, -0.2) is 49.1 Å². The summed E-state index contributed by atoms with van der Waals surface area (Å²) >= 11 is 0. The van der Waals surface area contributed by atoms with Crippen molar-refractivity contribution in [3.05, 3.63) is 18.5 Å². The van der Waals surface area contributed by atoms with Gasteiger partial charge in [0, 0.05) is 25.0 Å². The van der Waals surface area contributed by atoms with Crippen molar-refractivity contribution in [1.82, 2.24) is 14.9 Å². The molecule has 0 spiro atoms. The van der Waals surface area contributed by atoms with E-state index in [0.29, 0.717) is 17.5 Å². The molecule has 2 atom stereocenters. The number of nitrogens with zero attached hydrogens (tertiary/aromatic N) is 3. The van der Waals surface area contributed by atoms with Gasteiger partial charge in [-0.15, -0.1) is 0 Å². The van der Waals surface area contributed by atoms with Crippen molar-refractivity contribution in [2.75, 3.05) is 12.3 Å². The molecular formula is C15H23N3O3S. The molecule has 2 rings (SSSR count). The average Bonchev–Trinajstić information content (AvgIpc) is 2.47. The summed E-state index contributed by atoms with van der Waals surface area (Å²) in [7, 11) is -1.31. The Hall–Kier alpha value is -1.50. The van der Waals surface area contributed by atoms with E-state index < -0.39 is 16.4 Å². The second-order valence-electron chi connectivity index (χ2n) is 6.37. The van der Waals surface area contributed by atoms with Gasteiger partial charge in [-0.2, -0.15) is 0 Å². The summed E-state index contributed by atoms with van der Waals surface area (Å²) in [6.45, 7) is 6.19. The molecule has 1 fully saturated rings. The van der Waals surface area contributed by atoms with Gasteiger partial charge < -0.3 is 9.64 Å². The molecule has 0 bridgehead atoms. The lowest BCUT2D eigenvalue weighted by atomic mass is 10.0. The summed E-state index contributed by atoms with van der Waals surface area (Å²) in [6, 6.07) is 1.60. The number of rotatable bonds is 3. The average molecular weight is 325 g/mol. The van der Waals surface area contributed by atoms with Gasteiger partial charge in [-0.1, -0.05) is 0 Å². The Balaban J connectivity index is 2.04. The SMILES string of the molecule is CC(C)(C)OC(=O)N1CCCC[C@@H]1C[S@@](=O)c1ncccn1. The second-order valence-corrected chi connectivity index (χ2v) is 7.76.